The zero-order valence-corrected chi connectivity index (χ0v) is 9.98. The fourth-order valence-electron chi connectivity index (χ4n) is 1.48. The van der Waals surface area contributed by atoms with Crippen LogP contribution in [0.1, 0.15) is 11.3 Å². The largest absolute Gasteiger partial charge is 0.438 e. The Kier molecular flexibility index (Phi) is 3.55. The fourth-order valence-corrected chi connectivity index (χ4v) is 1.48. The van der Waals surface area contributed by atoms with E-state index >= 15 is 0 Å². The van der Waals surface area contributed by atoms with Gasteiger partial charge in [0.05, 0.1) is 10.5 Å². The Morgan fingerprint density at radius 2 is 1.90 bits per heavy atom. The van der Waals surface area contributed by atoms with Crippen LogP contribution in [0.2, 0.25) is 0 Å². The van der Waals surface area contributed by atoms with Crippen molar-refractivity contribution >= 4 is 5.69 Å². The lowest BCUT2D eigenvalue weighted by Crippen LogP contribution is -1.97. The summed E-state index contributed by atoms with van der Waals surface area (Å²) in [6.45, 7) is 0. The molecule has 7 nitrogen and oxygen atoms in total. The van der Waals surface area contributed by atoms with Crippen LogP contribution in [0, 0.1) is 32.8 Å². The molecule has 1 heterocycles. The summed E-state index contributed by atoms with van der Waals surface area (Å²) in [5.74, 6) is 0.273. The minimum Gasteiger partial charge on any atom is -0.438 e. The minimum atomic E-state index is -0.696. The average Bonchev–Trinajstić information content (AvgIpc) is 2.47. The SMILES string of the molecule is N#Cc1ccccc1Oc1ccc([N+](=O)[O-])c(C#N)n1. The normalized spacial score (nSPS) is 9.30. The van der Waals surface area contributed by atoms with Crippen molar-refractivity contribution in [1.82, 2.24) is 4.98 Å². The molecule has 0 saturated carbocycles. The van der Waals surface area contributed by atoms with Crippen LogP contribution in [0.25, 0.3) is 0 Å². The van der Waals surface area contributed by atoms with Gasteiger partial charge in [0.2, 0.25) is 11.6 Å². The maximum absolute atomic E-state index is 10.7. The lowest BCUT2D eigenvalue weighted by atomic mass is 10.2. The third-order valence-electron chi connectivity index (χ3n) is 2.37. The number of hydrogen-bond donors (Lipinski definition) is 0. The number of nitriles is 2. The number of nitrogens with zero attached hydrogens (tertiary/aromatic N) is 4. The Labute approximate surface area is 113 Å². The third kappa shape index (κ3) is 2.52. The first-order valence-corrected chi connectivity index (χ1v) is 5.38. The van der Waals surface area contributed by atoms with Crippen LogP contribution in [0.4, 0.5) is 5.69 Å². The second kappa shape index (κ2) is 5.46. The molecule has 0 fully saturated rings. The highest BCUT2D eigenvalue weighted by Crippen LogP contribution is 2.26. The van der Waals surface area contributed by atoms with Crippen LogP contribution in [-0.4, -0.2) is 9.91 Å². The van der Waals surface area contributed by atoms with Gasteiger partial charge in [0.25, 0.3) is 0 Å². The van der Waals surface area contributed by atoms with E-state index in [1.807, 2.05) is 6.07 Å². The van der Waals surface area contributed by atoms with E-state index in [0.29, 0.717) is 5.56 Å². The van der Waals surface area contributed by atoms with Gasteiger partial charge in [0.1, 0.15) is 17.9 Å². The molecule has 1 aromatic carbocycles. The van der Waals surface area contributed by atoms with Gasteiger partial charge in [-0.05, 0) is 12.1 Å². The molecule has 0 unspecified atom stereocenters. The number of rotatable bonds is 3. The topological polar surface area (TPSA) is 113 Å². The van der Waals surface area contributed by atoms with E-state index in [2.05, 4.69) is 4.98 Å². The quantitative estimate of drug-likeness (QED) is 0.623. The third-order valence-corrected chi connectivity index (χ3v) is 2.37. The summed E-state index contributed by atoms with van der Waals surface area (Å²) in [5.41, 5.74) is -0.443. The van der Waals surface area contributed by atoms with Gasteiger partial charge < -0.3 is 4.74 Å². The highest BCUT2D eigenvalue weighted by molar-refractivity contribution is 5.48. The first kappa shape index (κ1) is 13.0. The van der Waals surface area contributed by atoms with E-state index in [1.165, 1.54) is 6.07 Å². The zero-order valence-electron chi connectivity index (χ0n) is 9.98. The van der Waals surface area contributed by atoms with Gasteiger partial charge in [0.15, 0.2) is 0 Å². The first-order chi connectivity index (χ1) is 9.65. The Balaban J connectivity index is 2.39. The molecule has 0 atom stereocenters. The van der Waals surface area contributed by atoms with E-state index in [0.717, 1.165) is 6.07 Å². The monoisotopic (exact) mass is 266 g/mol. The van der Waals surface area contributed by atoms with Crippen LogP contribution < -0.4 is 4.74 Å². The summed E-state index contributed by atoms with van der Waals surface area (Å²) in [4.78, 5) is 13.7. The average molecular weight is 266 g/mol. The van der Waals surface area contributed by atoms with Gasteiger partial charge in [-0.3, -0.25) is 10.1 Å². The Morgan fingerprint density at radius 3 is 2.55 bits per heavy atom. The predicted octanol–water partition coefficient (Wildman–Crippen LogP) is 2.53. The van der Waals surface area contributed by atoms with Gasteiger partial charge in [0, 0.05) is 12.1 Å². The molecule has 1 aromatic heterocycles. The van der Waals surface area contributed by atoms with Crippen molar-refractivity contribution in [3.8, 4) is 23.8 Å². The lowest BCUT2D eigenvalue weighted by molar-refractivity contribution is -0.385. The molecule has 0 aliphatic rings. The van der Waals surface area contributed by atoms with E-state index in [1.54, 1.807) is 30.3 Å². The van der Waals surface area contributed by atoms with Crippen molar-refractivity contribution in [2.24, 2.45) is 0 Å². The molecule has 7 heteroatoms. The van der Waals surface area contributed by atoms with Crippen LogP contribution in [-0.2, 0) is 0 Å². The predicted molar refractivity (Wildman–Crippen MR) is 66.8 cm³/mol. The van der Waals surface area contributed by atoms with Crippen molar-refractivity contribution in [2.75, 3.05) is 0 Å². The first-order valence-electron chi connectivity index (χ1n) is 5.38. The lowest BCUT2D eigenvalue weighted by Gasteiger charge is -2.06. The van der Waals surface area contributed by atoms with E-state index in [9.17, 15) is 10.1 Å². The molecule has 0 bridgehead atoms. The summed E-state index contributed by atoms with van der Waals surface area (Å²) < 4.78 is 5.37. The molecule has 0 saturated heterocycles. The van der Waals surface area contributed by atoms with Gasteiger partial charge in [-0.2, -0.15) is 15.5 Å². The minimum absolute atomic E-state index is 0.00912. The molecule has 20 heavy (non-hydrogen) atoms. The number of ether oxygens (including phenoxy) is 1. The van der Waals surface area contributed by atoms with Gasteiger partial charge in [-0.25, -0.2) is 0 Å². The smallest absolute Gasteiger partial charge is 0.305 e. The Morgan fingerprint density at radius 1 is 1.15 bits per heavy atom. The molecule has 0 N–H and O–H groups in total. The van der Waals surface area contributed by atoms with E-state index in [4.69, 9.17) is 15.3 Å². The van der Waals surface area contributed by atoms with Crippen molar-refractivity contribution in [1.29, 1.82) is 10.5 Å². The van der Waals surface area contributed by atoms with Gasteiger partial charge in [-0.15, -0.1) is 0 Å². The number of para-hydroxylation sites is 1. The van der Waals surface area contributed by atoms with Crippen molar-refractivity contribution < 1.29 is 9.66 Å². The molecule has 2 rings (SSSR count). The number of benzene rings is 1. The zero-order chi connectivity index (χ0) is 14.5. The van der Waals surface area contributed by atoms with Crippen molar-refractivity contribution in [3.05, 3.63) is 57.8 Å². The summed E-state index contributed by atoms with van der Waals surface area (Å²) in [6, 6.07) is 12.5. The molecular weight excluding hydrogens is 260 g/mol. The molecular formula is C13H6N4O3. The number of pyridine rings is 1. The second-order valence-corrected chi connectivity index (χ2v) is 3.60. The maximum atomic E-state index is 10.7. The Hall–Kier alpha value is -3.45. The second-order valence-electron chi connectivity index (χ2n) is 3.60. The molecule has 0 amide bonds. The molecule has 0 aliphatic heterocycles. The Bertz CT molecular complexity index is 759. The van der Waals surface area contributed by atoms with Crippen LogP contribution >= 0.6 is 0 Å². The molecule has 96 valence electrons. The van der Waals surface area contributed by atoms with E-state index < -0.39 is 10.6 Å². The standard InChI is InChI=1S/C13H6N4O3/c14-7-9-3-1-2-4-12(9)20-13-6-5-11(17(18)19)10(8-15)16-13/h1-6H. The molecule has 2 aromatic rings. The molecule has 0 radical (unpaired) electrons. The summed E-state index contributed by atoms with van der Waals surface area (Å²) in [5, 5.41) is 28.4. The molecule has 0 spiro atoms. The van der Waals surface area contributed by atoms with Crippen LogP contribution in [0.15, 0.2) is 36.4 Å². The van der Waals surface area contributed by atoms with Gasteiger partial charge >= 0.3 is 5.69 Å². The van der Waals surface area contributed by atoms with Crippen LogP contribution in [0.5, 0.6) is 11.6 Å². The van der Waals surface area contributed by atoms with E-state index in [-0.39, 0.29) is 17.3 Å². The maximum Gasteiger partial charge on any atom is 0.305 e. The fraction of sp³-hybridized carbons (Fsp3) is 0. The number of hydrogen-bond acceptors (Lipinski definition) is 6. The highest BCUT2D eigenvalue weighted by atomic mass is 16.6. The van der Waals surface area contributed by atoms with Crippen LogP contribution in [0.3, 0.4) is 0 Å². The number of aromatic nitrogens is 1. The van der Waals surface area contributed by atoms with Crippen molar-refractivity contribution in [2.45, 2.75) is 0 Å². The number of nitro groups is 1. The van der Waals surface area contributed by atoms with Crippen molar-refractivity contribution in [3.63, 3.8) is 0 Å². The summed E-state index contributed by atoms with van der Waals surface area (Å²) >= 11 is 0. The van der Waals surface area contributed by atoms with Gasteiger partial charge in [-0.1, -0.05) is 12.1 Å². The highest BCUT2D eigenvalue weighted by Gasteiger charge is 2.16. The summed E-state index contributed by atoms with van der Waals surface area (Å²) in [7, 11) is 0. The summed E-state index contributed by atoms with van der Waals surface area (Å²) in [6.07, 6.45) is 0. The molecule has 0 aliphatic carbocycles.